The normalized spacial score (nSPS) is 18.6. The van der Waals surface area contributed by atoms with Crippen molar-refractivity contribution in [3.8, 4) is 0 Å². The number of nitrogens with two attached hydrogens (primary N) is 1. The molecule has 1 aliphatic carbocycles. The molecule has 1 saturated carbocycles. The summed E-state index contributed by atoms with van der Waals surface area (Å²) in [4.78, 5) is -0.499. The standard InChI is InChI=1S/C13H18BrFN2O3S/c14-9-6-10(15)12(7-11(9)16)21(19,20)17-13(8-18)4-2-1-3-5-13/h6-7,17-18H,1-5,8,16H2. The number of hydrogen-bond acceptors (Lipinski definition) is 4. The van der Waals surface area contributed by atoms with E-state index >= 15 is 0 Å². The summed E-state index contributed by atoms with van der Waals surface area (Å²) in [7, 11) is -4.09. The van der Waals surface area contributed by atoms with Crippen molar-refractivity contribution in [2.24, 2.45) is 0 Å². The highest BCUT2D eigenvalue weighted by Gasteiger charge is 2.37. The first-order chi connectivity index (χ1) is 9.80. The van der Waals surface area contributed by atoms with Crippen LogP contribution in [0, 0.1) is 5.82 Å². The van der Waals surface area contributed by atoms with Gasteiger partial charge in [-0.25, -0.2) is 17.5 Å². The number of aliphatic hydroxyl groups excluding tert-OH is 1. The molecule has 0 bridgehead atoms. The van der Waals surface area contributed by atoms with Crippen molar-refractivity contribution in [1.82, 2.24) is 4.72 Å². The summed E-state index contributed by atoms with van der Waals surface area (Å²) in [6.07, 6.45) is 3.73. The van der Waals surface area contributed by atoms with Gasteiger partial charge in [0.05, 0.1) is 12.1 Å². The molecule has 1 aromatic rings. The minimum absolute atomic E-state index is 0.137. The zero-order valence-corrected chi connectivity index (χ0v) is 13.8. The maximum atomic E-state index is 13.9. The molecule has 0 radical (unpaired) electrons. The molecule has 2 rings (SSSR count). The Balaban J connectivity index is 2.36. The van der Waals surface area contributed by atoms with Gasteiger partial charge in [0.15, 0.2) is 0 Å². The molecule has 118 valence electrons. The van der Waals surface area contributed by atoms with E-state index in [1.807, 2.05) is 0 Å². The first-order valence-corrected chi connectivity index (χ1v) is 8.97. The predicted octanol–water partition coefficient (Wildman–Crippen LogP) is 2.14. The van der Waals surface area contributed by atoms with Gasteiger partial charge < -0.3 is 10.8 Å². The quantitative estimate of drug-likeness (QED) is 0.697. The molecule has 4 N–H and O–H groups in total. The summed E-state index contributed by atoms with van der Waals surface area (Å²) in [6.45, 7) is -0.306. The number of sulfonamides is 1. The summed E-state index contributed by atoms with van der Waals surface area (Å²) < 4.78 is 41.5. The van der Waals surface area contributed by atoms with Gasteiger partial charge in [-0.15, -0.1) is 0 Å². The fourth-order valence-electron chi connectivity index (χ4n) is 2.61. The SMILES string of the molecule is Nc1cc(S(=O)(=O)NC2(CO)CCCCC2)c(F)cc1Br. The number of rotatable bonds is 4. The first-order valence-electron chi connectivity index (χ1n) is 6.69. The van der Waals surface area contributed by atoms with Crippen molar-refractivity contribution in [3.05, 3.63) is 22.4 Å². The first kappa shape index (κ1) is 16.7. The minimum atomic E-state index is -4.09. The number of nitrogens with one attached hydrogen (secondary N) is 1. The molecule has 1 aliphatic rings. The summed E-state index contributed by atoms with van der Waals surface area (Å²) in [5.41, 5.74) is 4.86. The average Bonchev–Trinajstić information content (AvgIpc) is 2.43. The summed E-state index contributed by atoms with van der Waals surface area (Å²) in [5, 5.41) is 9.57. The molecule has 0 aliphatic heterocycles. The second kappa shape index (κ2) is 6.20. The molecule has 1 aromatic carbocycles. The van der Waals surface area contributed by atoms with Crippen molar-refractivity contribution in [1.29, 1.82) is 0 Å². The van der Waals surface area contributed by atoms with E-state index in [1.165, 1.54) is 0 Å². The fraction of sp³-hybridized carbons (Fsp3) is 0.538. The molecule has 0 unspecified atom stereocenters. The van der Waals surface area contributed by atoms with E-state index in [1.54, 1.807) is 0 Å². The van der Waals surface area contributed by atoms with Gasteiger partial charge >= 0.3 is 0 Å². The molecule has 0 heterocycles. The highest BCUT2D eigenvalue weighted by Crippen LogP contribution is 2.31. The van der Waals surface area contributed by atoms with Gasteiger partial charge in [-0.2, -0.15) is 0 Å². The third kappa shape index (κ3) is 3.56. The van der Waals surface area contributed by atoms with Crippen molar-refractivity contribution in [3.63, 3.8) is 0 Å². The maximum absolute atomic E-state index is 13.9. The number of hydrogen-bond donors (Lipinski definition) is 3. The summed E-state index contributed by atoms with van der Waals surface area (Å²) in [5.74, 6) is -0.882. The Morgan fingerprint density at radius 3 is 2.52 bits per heavy atom. The molecule has 0 amide bonds. The summed E-state index contributed by atoms with van der Waals surface area (Å²) in [6, 6.07) is 2.10. The number of anilines is 1. The van der Waals surface area contributed by atoms with Crippen LogP contribution < -0.4 is 10.5 Å². The third-order valence-corrected chi connectivity index (χ3v) is 6.09. The topological polar surface area (TPSA) is 92.4 Å². The van der Waals surface area contributed by atoms with Crippen molar-refractivity contribution in [2.75, 3.05) is 12.3 Å². The molecule has 0 spiro atoms. The second-order valence-electron chi connectivity index (χ2n) is 5.41. The molecule has 0 saturated heterocycles. The minimum Gasteiger partial charge on any atom is -0.398 e. The van der Waals surface area contributed by atoms with Gasteiger partial charge in [-0.1, -0.05) is 19.3 Å². The number of halogens is 2. The van der Waals surface area contributed by atoms with Crippen molar-refractivity contribution in [2.45, 2.75) is 42.5 Å². The monoisotopic (exact) mass is 380 g/mol. The second-order valence-corrected chi connectivity index (χ2v) is 7.91. The van der Waals surface area contributed by atoms with Gasteiger partial charge in [0.25, 0.3) is 0 Å². The van der Waals surface area contributed by atoms with Crippen LogP contribution in [0.5, 0.6) is 0 Å². The van der Waals surface area contributed by atoms with Gasteiger partial charge in [-0.05, 0) is 40.9 Å². The number of benzene rings is 1. The lowest BCUT2D eigenvalue weighted by molar-refractivity contribution is 0.142. The van der Waals surface area contributed by atoms with Crippen LogP contribution >= 0.6 is 15.9 Å². The lowest BCUT2D eigenvalue weighted by atomic mass is 9.83. The Kier molecular flexibility index (Phi) is 4.92. The lowest BCUT2D eigenvalue weighted by Gasteiger charge is -2.36. The summed E-state index contributed by atoms with van der Waals surface area (Å²) >= 11 is 3.05. The zero-order valence-electron chi connectivity index (χ0n) is 11.4. The largest absolute Gasteiger partial charge is 0.398 e. The van der Waals surface area contributed by atoms with Crippen molar-refractivity contribution < 1.29 is 17.9 Å². The van der Waals surface area contributed by atoms with E-state index in [4.69, 9.17) is 5.73 Å². The van der Waals surface area contributed by atoms with Crippen LogP contribution in [-0.2, 0) is 10.0 Å². The van der Waals surface area contributed by atoms with E-state index in [0.29, 0.717) is 17.3 Å². The molecule has 21 heavy (non-hydrogen) atoms. The van der Waals surface area contributed by atoms with E-state index in [-0.39, 0.29) is 12.3 Å². The maximum Gasteiger partial charge on any atom is 0.244 e. The molecular formula is C13H18BrFN2O3S. The average molecular weight is 381 g/mol. The Labute approximate surface area is 131 Å². The molecule has 0 aromatic heterocycles. The lowest BCUT2D eigenvalue weighted by Crippen LogP contribution is -2.52. The Morgan fingerprint density at radius 2 is 1.95 bits per heavy atom. The Hall–Kier alpha value is -0.700. The van der Waals surface area contributed by atoms with Gasteiger partial charge in [0, 0.05) is 10.2 Å². The van der Waals surface area contributed by atoms with Crippen LogP contribution in [0.25, 0.3) is 0 Å². The molecule has 1 fully saturated rings. The zero-order chi connectivity index (χ0) is 15.7. The number of aliphatic hydroxyl groups is 1. The number of nitrogen functional groups attached to an aromatic ring is 1. The third-order valence-electron chi connectivity index (χ3n) is 3.80. The van der Waals surface area contributed by atoms with Crippen LogP contribution in [0.3, 0.4) is 0 Å². The van der Waals surface area contributed by atoms with Gasteiger partial charge in [0.2, 0.25) is 10.0 Å². The highest BCUT2D eigenvalue weighted by atomic mass is 79.9. The predicted molar refractivity (Wildman–Crippen MR) is 81.7 cm³/mol. The van der Waals surface area contributed by atoms with E-state index in [2.05, 4.69) is 20.7 Å². The molecular weight excluding hydrogens is 363 g/mol. The van der Waals surface area contributed by atoms with Gasteiger partial charge in [-0.3, -0.25) is 0 Å². The van der Waals surface area contributed by atoms with E-state index < -0.39 is 26.3 Å². The molecule has 5 nitrogen and oxygen atoms in total. The van der Waals surface area contributed by atoms with Crippen LogP contribution in [-0.4, -0.2) is 25.7 Å². The van der Waals surface area contributed by atoms with Crippen LogP contribution in [0.2, 0.25) is 0 Å². The van der Waals surface area contributed by atoms with Crippen LogP contribution in [0.4, 0.5) is 10.1 Å². The van der Waals surface area contributed by atoms with E-state index in [9.17, 15) is 17.9 Å². The van der Waals surface area contributed by atoms with Crippen LogP contribution in [0.15, 0.2) is 21.5 Å². The fourth-order valence-corrected chi connectivity index (χ4v) is 4.47. The van der Waals surface area contributed by atoms with Crippen molar-refractivity contribution >= 4 is 31.6 Å². The van der Waals surface area contributed by atoms with E-state index in [0.717, 1.165) is 31.4 Å². The van der Waals surface area contributed by atoms with Crippen LogP contribution in [0.1, 0.15) is 32.1 Å². The Morgan fingerprint density at radius 1 is 1.33 bits per heavy atom. The highest BCUT2D eigenvalue weighted by molar-refractivity contribution is 9.10. The Bertz CT molecular complexity index is 631. The van der Waals surface area contributed by atoms with Gasteiger partial charge in [0.1, 0.15) is 10.7 Å². The molecule has 8 heteroatoms. The smallest absolute Gasteiger partial charge is 0.244 e. The molecule has 0 atom stereocenters.